The van der Waals surface area contributed by atoms with Crippen molar-refractivity contribution in [2.24, 2.45) is 0 Å². The quantitative estimate of drug-likeness (QED) is 0.469. The van der Waals surface area contributed by atoms with Gasteiger partial charge in [-0.3, -0.25) is 9.20 Å². The number of aromatic nitrogens is 1. The van der Waals surface area contributed by atoms with E-state index in [-0.39, 0.29) is 16.2 Å². The molecule has 2 aromatic rings. The van der Waals surface area contributed by atoms with Crippen molar-refractivity contribution in [1.29, 1.82) is 0 Å². The minimum Gasteiger partial charge on any atom is -0.477 e. The Morgan fingerprint density at radius 2 is 1.85 bits per heavy atom. The molecule has 0 unspecified atom stereocenters. The molecular formula is C14H8F5NO6S. The second-order valence-electron chi connectivity index (χ2n) is 5.72. The van der Waals surface area contributed by atoms with Crippen LogP contribution in [0.5, 0.6) is 5.75 Å². The fraction of sp³-hybridized carbons (Fsp3) is 0.286. The highest BCUT2D eigenvalue weighted by Gasteiger charge is 2.49. The van der Waals surface area contributed by atoms with Crippen LogP contribution < -0.4 is 9.74 Å². The summed E-state index contributed by atoms with van der Waals surface area (Å²) in [7, 11) is -6.38. The van der Waals surface area contributed by atoms with Gasteiger partial charge in [-0.15, -0.1) is 0 Å². The fourth-order valence-corrected chi connectivity index (χ4v) is 2.96. The van der Waals surface area contributed by atoms with Crippen molar-refractivity contribution in [3.63, 3.8) is 0 Å². The van der Waals surface area contributed by atoms with Crippen molar-refractivity contribution >= 4 is 21.6 Å². The van der Waals surface area contributed by atoms with Crippen molar-refractivity contribution in [3.8, 4) is 5.75 Å². The van der Waals surface area contributed by atoms with Gasteiger partial charge in [-0.05, 0) is 30.4 Å². The predicted molar refractivity (Wildman–Crippen MR) is 78.1 cm³/mol. The zero-order valence-electron chi connectivity index (χ0n) is 12.9. The van der Waals surface area contributed by atoms with Gasteiger partial charge in [0.05, 0.1) is 11.7 Å². The largest absolute Gasteiger partial charge is 0.534 e. The van der Waals surface area contributed by atoms with Crippen molar-refractivity contribution < 1.29 is 44.5 Å². The second-order valence-corrected chi connectivity index (χ2v) is 7.26. The highest BCUT2D eigenvalue weighted by molar-refractivity contribution is 7.88. The third-order valence-electron chi connectivity index (χ3n) is 3.85. The summed E-state index contributed by atoms with van der Waals surface area (Å²) in [5.74, 6) is -7.82. The average Bonchev–Trinajstić information content (AvgIpc) is 3.36. The van der Waals surface area contributed by atoms with Gasteiger partial charge in [0.1, 0.15) is 5.56 Å². The molecule has 1 saturated carbocycles. The van der Waals surface area contributed by atoms with Gasteiger partial charge in [-0.25, -0.2) is 9.18 Å². The molecule has 1 fully saturated rings. The molecule has 7 nitrogen and oxygen atoms in total. The fourth-order valence-electron chi connectivity index (χ4n) is 2.49. The Bertz CT molecular complexity index is 1130. The number of carbonyl (C=O) groups is 1. The molecule has 0 radical (unpaired) electrons. The van der Waals surface area contributed by atoms with Crippen LogP contribution in [0.25, 0.3) is 5.52 Å². The summed E-state index contributed by atoms with van der Waals surface area (Å²) >= 11 is 0. The molecule has 0 saturated heterocycles. The molecule has 27 heavy (non-hydrogen) atoms. The van der Waals surface area contributed by atoms with E-state index in [1.54, 1.807) is 0 Å². The minimum absolute atomic E-state index is 0.140. The van der Waals surface area contributed by atoms with E-state index < -0.39 is 61.5 Å². The predicted octanol–water partition coefficient (Wildman–Crippen LogP) is 2.38. The molecule has 3 rings (SSSR count). The van der Waals surface area contributed by atoms with E-state index in [1.165, 1.54) is 0 Å². The van der Waals surface area contributed by atoms with Crippen LogP contribution in [0.3, 0.4) is 0 Å². The summed E-state index contributed by atoms with van der Waals surface area (Å²) < 4.78 is 92.3. The van der Waals surface area contributed by atoms with Crippen LogP contribution in [0.2, 0.25) is 0 Å². The van der Waals surface area contributed by atoms with Gasteiger partial charge in [-0.2, -0.15) is 26.0 Å². The molecule has 2 heterocycles. The highest BCUT2D eigenvalue weighted by atomic mass is 32.2. The van der Waals surface area contributed by atoms with Crippen LogP contribution >= 0.6 is 0 Å². The summed E-state index contributed by atoms with van der Waals surface area (Å²) in [6, 6.07) is 0.794. The number of nitrogens with zero attached hydrogens (tertiary/aromatic N) is 1. The Labute approximate surface area is 146 Å². The Balaban J connectivity index is 2.43. The lowest BCUT2D eigenvalue weighted by Gasteiger charge is -2.16. The first kappa shape index (κ1) is 19.1. The molecule has 13 heteroatoms. The van der Waals surface area contributed by atoms with Crippen LogP contribution in [0.1, 0.15) is 34.7 Å². The van der Waals surface area contributed by atoms with E-state index in [0.29, 0.717) is 12.8 Å². The lowest BCUT2D eigenvalue weighted by Crippen LogP contribution is -2.30. The summed E-state index contributed by atoms with van der Waals surface area (Å²) in [5, 5.41) is 9.08. The van der Waals surface area contributed by atoms with Crippen LogP contribution in [0.15, 0.2) is 17.1 Å². The standard InChI is InChI=1S/C14H8F5NO6S/c15-8-4-20-10(11(9(8)16)26-27(24,25)14(17,18)19)6(5-1-2-5)3-7(12(20)21)13(22)23/h3-5H,1-2H2,(H,22,23). The molecule has 1 aliphatic carbocycles. The molecule has 1 aliphatic rings. The van der Waals surface area contributed by atoms with Crippen LogP contribution in [0, 0.1) is 11.6 Å². The average molecular weight is 413 g/mol. The van der Waals surface area contributed by atoms with Crippen molar-refractivity contribution in [2.75, 3.05) is 0 Å². The second kappa shape index (κ2) is 5.90. The van der Waals surface area contributed by atoms with Crippen LogP contribution in [-0.2, 0) is 10.1 Å². The molecule has 1 N–H and O–H groups in total. The number of halogens is 5. The Morgan fingerprint density at radius 3 is 2.33 bits per heavy atom. The summed E-state index contributed by atoms with van der Waals surface area (Å²) in [4.78, 5) is 23.4. The van der Waals surface area contributed by atoms with Gasteiger partial charge in [0, 0.05) is 0 Å². The molecule has 0 spiro atoms. The maximum atomic E-state index is 14.1. The molecule has 0 atom stereocenters. The zero-order valence-corrected chi connectivity index (χ0v) is 13.7. The molecule has 2 aromatic heterocycles. The van der Waals surface area contributed by atoms with Gasteiger partial charge < -0.3 is 9.29 Å². The van der Waals surface area contributed by atoms with Gasteiger partial charge in [0.25, 0.3) is 5.56 Å². The van der Waals surface area contributed by atoms with Crippen molar-refractivity contribution in [3.05, 3.63) is 45.4 Å². The maximum Gasteiger partial charge on any atom is 0.534 e. The third-order valence-corrected chi connectivity index (χ3v) is 4.81. The number of aromatic carboxylic acids is 1. The summed E-state index contributed by atoms with van der Waals surface area (Å²) in [6.07, 6.45) is 1.05. The van der Waals surface area contributed by atoms with Crippen molar-refractivity contribution in [2.45, 2.75) is 24.3 Å². The van der Waals surface area contributed by atoms with E-state index in [0.717, 1.165) is 6.07 Å². The van der Waals surface area contributed by atoms with E-state index in [4.69, 9.17) is 5.11 Å². The first-order valence-electron chi connectivity index (χ1n) is 7.16. The van der Waals surface area contributed by atoms with E-state index in [1.807, 2.05) is 0 Å². The highest BCUT2D eigenvalue weighted by Crippen LogP contribution is 2.45. The minimum atomic E-state index is -6.38. The topological polar surface area (TPSA) is 102 Å². The van der Waals surface area contributed by atoms with Gasteiger partial charge in [0.2, 0.25) is 11.6 Å². The monoisotopic (exact) mass is 413 g/mol. The zero-order chi connectivity index (χ0) is 20.3. The molecule has 0 amide bonds. The molecule has 0 aliphatic heterocycles. The number of rotatable bonds is 4. The van der Waals surface area contributed by atoms with Crippen LogP contribution in [0.4, 0.5) is 22.0 Å². The molecule has 0 bridgehead atoms. The number of carboxylic acids is 1. The van der Waals surface area contributed by atoms with E-state index >= 15 is 0 Å². The number of fused-ring (bicyclic) bond motifs is 1. The van der Waals surface area contributed by atoms with Gasteiger partial charge >= 0.3 is 21.6 Å². The lowest BCUT2D eigenvalue weighted by atomic mass is 10.1. The summed E-state index contributed by atoms with van der Waals surface area (Å²) in [5.41, 5.74) is -9.10. The lowest BCUT2D eigenvalue weighted by molar-refractivity contribution is -0.0500. The molecule has 0 aromatic carbocycles. The first-order chi connectivity index (χ1) is 12.3. The SMILES string of the molecule is O=C(O)c1cc(C2CC2)c2c(OS(=O)(=O)C(F)(F)F)c(F)c(F)cn2c1=O. The number of alkyl halides is 3. The number of hydrogen-bond donors (Lipinski definition) is 1. The Morgan fingerprint density at radius 1 is 1.26 bits per heavy atom. The van der Waals surface area contributed by atoms with Crippen molar-refractivity contribution in [1.82, 2.24) is 4.40 Å². The first-order valence-corrected chi connectivity index (χ1v) is 8.57. The van der Waals surface area contributed by atoms with Gasteiger partial charge in [-0.1, -0.05) is 0 Å². The van der Waals surface area contributed by atoms with Gasteiger partial charge in [0.15, 0.2) is 5.82 Å². The third kappa shape index (κ3) is 3.11. The number of pyridine rings is 2. The smallest absolute Gasteiger partial charge is 0.477 e. The van der Waals surface area contributed by atoms with E-state index in [2.05, 4.69) is 4.18 Å². The molecular weight excluding hydrogens is 405 g/mol. The van der Waals surface area contributed by atoms with Crippen LogP contribution in [-0.4, -0.2) is 29.4 Å². The Hall–Kier alpha value is -2.70. The summed E-state index contributed by atoms with van der Waals surface area (Å²) in [6.45, 7) is 0. The normalized spacial score (nSPS) is 15.1. The number of carboxylic acid groups (broad SMARTS) is 1. The molecule has 146 valence electrons. The Kier molecular flexibility index (Phi) is 4.17. The van der Waals surface area contributed by atoms with E-state index in [9.17, 15) is 40.0 Å². The maximum absolute atomic E-state index is 14.1. The number of hydrogen-bond acceptors (Lipinski definition) is 5.